The zero-order chi connectivity index (χ0) is 24.1. The van der Waals surface area contributed by atoms with Crippen LogP contribution in [0.1, 0.15) is 46.4 Å². The first-order valence-electron chi connectivity index (χ1n) is 10.9. The molecule has 11 heteroatoms. The van der Waals surface area contributed by atoms with E-state index in [9.17, 15) is 22.8 Å². The molecular formula is C23H24N2O8S. The van der Waals surface area contributed by atoms with E-state index >= 15 is 0 Å². The molecule has 0 aliphatic carbocycles. The van der Waals surface area contributed by atoms with Crippen LogP contribution in [0, 0.1) is 0 Å². The average Bonchev–Trinajstić information content (AvgIpc) is 3.09. The van der Waals surface area contributed by atoms with Crippen molar-refractivity contribution < 1.29 is 37.0 Å². The van der Waals surface area contributed by atoms with Crippen LogP contribution in [0.25, 0.3) is 0 Å². The number of imide groups is 1. The molecule has 2 amide bonds. The second-order valence-electron chi connectivity index (χ2n) is 7.74. The summed E-state index contributed by atoms with van der Waals surface area (Å²) in [6.07, 6.45) is 1.69. The minimum atomic E-state index is -3.70. The van der Waals surface area contributed by atoms with Gasteiger partial charge in [-0.15, -0.1) is 0 Å². The molecule has 0 radical (unpaired) electrons. The van der Waals surface area contributed by atoms with Crippen molar-refractivity contribution in [3.05, 3.63) is 53.6 Å². The van der Waals surface area contributed by atoms with Crippen LogP contribution in [-0.4, -0.2) is 57.6 Å². The number of nitrogens with zero attached hydrogens (tertiary/aromatic N) is 1. The topological polar surface area (TPSA) is 128 Å². The molecule has 0 spiro atoms. The third-order valence-electron chi connectivity index (χ3n) is 5.41. The summed E-state index contributed by atoms with van der Waals surface area (Å²) in [5.74, 6) is -0.597. The number of nitrogens with one attached hydrogen (secondary N) is 1. The van der Waals surface area contributed by atoms with Gasteiger partial charge in [-0.1, -0.05) is 18.6 Å². The third kappa shape index (κ3) is 5.20. The maximum absolute atomic E-state index is 12.5. The Morgan fingerprint density at radius 1 is 0.941 bits per heavy atom. The predicted octanol–water partition coefficient (Wildman–Crippen LogP) is 2.09. The molecule has 34 heavy (non-hydrogen) atoms. The lowest BCUT2D eigenvalue weighted by molar-refractivity contribution is -0.146. The van der Waals surface area contributed by atoms with Gasteiger partial charge in [0, 0.05) is 19.0 Å². The SMILES string of the molecule is O=C(CCCCCNS(=O)(=O)c1ccc2c(c1)OCCO2)OCN1C(=O)c2ccccc2C1=O. The van der Waals surface area contributed by atoms with Crippen molar-refractivity contribution in [3.63, 3.8) is 0 Å². The Morgan fingerprint density at radius 3 is 2.32 bits per heavy atom. The molecule has 10 nitrogen and oxygen atoms in total. The highest BCUT2D eigenvalue weighted by molar-refractivity contribution is 7.89. The molecular weight excluding hydrogens is 464 g/mol. The van der Waals surface area contributed by atoms with Crippen molar-refractivity contribution >= 4 is 27.8 Å². The first kappa shape index (κ1) is 23.7. The van der Waals surface area contributed by atoms with Crippen LogP contribution in [0.15, 0.2) is 47.4 Å². The zero-order valence-electron chi connectivity index (χ0n) is 18.3. The number of carbonyl (C=O) groups excluding carboxylic acids is 3. The molecule has 0 unspecified atom stereocenters. The van der Waals surface area contributed by atoms with Gasteiger partial charge in [-0.3, -0.25) is 14.4 Å². The molecule has 2 heterocycles. The van der Waals surface area contributed by atoms with Crippen LogP contribution in [-0.2, 0) is 19.6 Å². The van der Waals surface area contributed by atoms with E-state index < -0.39 is 34.5 Å². The molecule has 0 saturated heterocycles. The lowest BCUT2D eigenvalue weighted by atomic mass is 10.1. The number of esters is 1. The van der Waals surface area contributed by atoms with Crippen LogP contribution < -0.4 is 14.2 Å². The lowest BCUT2D eigenvalue weighted by Crippen LogP contribution is -2.33. The highest BCUT2D eigenvalue weighted by atomic mass is 32.2. The van der Waals surface area contributed by atoms with Crippen molar-refractivity contribution in [1.82, 2.24) is 9.62 Å². The van der Waals surface area contributed by atoms with Gasteiger partial charge in [-0.05, 0) is 37.1 Å². The molecule has 4 rings (SSSR count). The normalized spacial score (nSPS) is 14.8. The number of sulfonamides is 1. The zero-order valence-corrected chi connectivity index (χ0v) is 19.1. The van der Waals surface area contributed by atoms with Gasteiger partial charge >= 0.3 is 5.97 Å². The number of carbonyl (C=O) groups is 3. The van der Waals surface area contributed by atoms with Gasteiger partial charge in [0.1, 0.15) is 13.2 Å². The average molecular weight is 489 g/mol. The van der Waals surface area contributed by atoms with E-state index in [0.29, 0.717) is 55.1 Å². The Balaban J connectivity index is 1.14. The Bertz CT molecular complexity index is 1180. The van der Waals surface area contributed by atoms with E-state index in [-0.39, 0.29) is 17.9 Å². The number of rotatable bonds is 10. The minimum absolute atomic E-state index is 0.0912. The molecule has 2 aliphatic rings. The largest absolute Gasteiger partial charge is 0.486 e. The van der Waals surface area contributed by atoms with E-state index in [0.717, 1.165) is 4.90 Å². The second kappa shape index (κ2) is 10.2. The number of ether oxygens (including phenoxy) is 3. The highest BCUT2D eigenvalue weighted by Gasteiger charge is 2.35. The summed E-state index contributed by atoms with van der Waals surface area (Å²) in [5.41, 5.74) is 0.587. The molecule has 1 N–H and O–H groups in total. The van der Waals surface area contributed by atoms with Gasteiger partial charge < -0.3 is 14.2 Å². The van der Waals surface area contributed by atoms with Gasteiger partial charge in [0.05, 0.1) is 16.0 Å². The molecule has 0 bridgehead atoms. The summed E-state index contributed by atoms with van der Waals surface area (Å²) in [4.78, 5) is 37.5. The van der Waals surface area contributed by atoms with Gasteiger partial charge in [0.2, 0.25) is 10.0 Å². The van der Waals surface area contributed by atoms with E-state index in [2.05, 4.69) is 4.72 Å². The Labute approximate surface area is 196 Å². The summed E-state index contributed by atoms with van der Waals surface area (Å²) >= 11 is 0. The lowest BCUT2D eigenvalue weighted by Gasteiger charge is -2.18. The molecule has 0 fully saturated rings. The third-order valence-corrected chi connectivity index (χ3v) is 6.87. The van der Waals surface area contributed by atoms with E-state index in [1.54, 1.807) is 30.3 Å². The van der Waals surface area contributed by atoms with Crippen LogP contribution >= 0.6 is 0 Å². The molecule has 2 aromatic rings. The number of benzene rings is 2. The molecule has 0 saturated carbocycles. The fourth-order valence-corrected chi connectivity index (χ4v) is 4.71. The number of unbranched alkanes of at least 4 members (excludes halogenated alkanes) is 2. The number of hydrogen-bond donors (Lipinski definition) is 1. The number of amides is 2. The summed E-state index contributed by atoms with van der Waals surface area (Å²) < 4.78 is 43.3. The van der Waals surface area contributed by atoms with Crippen LogP contribution in [0.2, 0.25) is 0 Å². The Morgan fingerprint density at radius 2 is 1.62 bits per heavy atom. The Kier molecular flexibility index (Phi) is 7.13. The molecule has 0 aromatic heterocycles. The van der Waals surface area contributed by atoms with Gasteiger partial charge in [0.15, 0.2) is 18.2 Å². The van der Waals surface area contributed by atoms with Crippen molar-refractivity contribution in [3.8, 4) is 11.5 Å². The summed E-state index contributed by atoms with van der Waals surface area (Å²) in [6, 6.07) is 10.9. The fourth-order valence-electron chi connectivity index (χ4n) is 3.62. The monoisotopic (exact) mass is 488 g/mol. The quantitative estimate of drug-likeness (QED) is 0.306. The van der Waals surface area contributed by atoms with Crippen LogP contribution in [0.4, 0.5) is 0 Å². The van der Waals surface area contributed by atoms with Gasteiger partial charge in [0.25, 0.3) is 11.8 Å². The van der Waals surface area contributed by atoms with Gasteiger partial charge in [-0.2, -0.15) is 0 Å². The molecule has 0 atom stereocenters. The number of hydrogen-bond acceptors (Lipinski definition) is 8. The maximum Gasteiger partial charge on any atom is 0.307 e. The summed E-state index contributed by atoms with van der Waals surface area (Å²) in [5, 5.41) is 0. The molecule has 180 valence electrons. The molecule has 2 aromatic carbocycles. The predicted molar refractivity (Wildman–Crippen MR) is 119 cm³/mol. The first-order chi connectivity index (χ1) is 16.4. The summed E-state index contributed by atoms with van der Waals surface area (Å²) in [6.45, 7) is 0.569. The second-order valence-corrected chi connectivity index (χ2v) is 9.51. The van der Waals surface area contributed by atoms with Crippen LogP contribution in [0.3, 0.4) is 0 Å². The van der Waals surface area contributed by atoms with Crippen molar-refractivity contribution in [2.45, 2.75) is 30.6 Å². The van der Waals surface area contributed by atoms with Crippen LogP contribution in [0.5, 0.6) is 11.5 Å². The van der Waals surface area contributed by atoms with E-state index in [1.807, 2.05) is 0 Å². The van der Waals surface area contributed by atoms with Gasteiger partial charge in [-0.25, -0.2) is 18.0 Å². The molecule has 2 aliphatic heterocycles. The highest BCUT2D eigenvalue weighted by Crippen LogP contribution is 2.32. The summed E-state index contributed by atoms with van der Waals surface area (Å²) in [7, 11) is -3.70. The van der Waals surface area contributed by atoms with Crippen molar-refractivity contribution in [1.29, 1.82) is 0 Å². The van der Waals surface area contributed by atoms with E-state index in [4.69, 9.17) is 14.2 Å². The number of fused-ring (bicyclic) bond motifs is 2. The van der Waals surface area contributed by atoms with E-state index in [1.165, 1.54) is 12.1 Å². The minimum Gasteiger partial charge on any atom is -0.486 e. The van der Waals surface area contributed by atoms with Crippen molar-refractivity contribution in [2.24, 2.45) is 0 Å². The standard InChI is InChI=1S/C23H24N2O8S/c26-21(33-15-25-22(27)17-6-3-4-7-18(17)23(25)28)8-2-1-5-11-24-34(29,30)16-9-10-19-20(14-16)32-13-12-31-19/h3-4,6-7,9-10,14,24H,1-2,5,8,11-13,15H2. The Hall–Kier alpha value is -3.44. The first-order valence-corrected chi connectivity index (χ1v) is 12.4. The maximum atomic E-state index is 12.5. The van der Waals surface area contributed by atoms with Crippen molar-refractivity contribution in [2.75, 3.05) is 26.5 Å². The smallest absolute Gasteiger partial charge is 0.307 e. The fraction of sp³-hybridized carbons (Fsp3) is 0.348.